The van der Waals surface area contributed by atoms with Gasteiger partial charge in [0.15, 0.2) is 0 Å². The molecule has 0 aliphatic carbocycles. The quantitative estimate of drug-likeness (QED) is 0.819. The number of aryl methyl sites for hydroxylation is 3. The first-order valence-corrected chi connectivity index (χ1v) is 10.1. The van der Waals surface area contributed by atoms with Crippen molar-refractivity contribution >= 4 is 17.6 Å². The molecule has 29 heavy (non-hydrogen) atoms. The van der Waals surface area contributed by atoms with Gasteiger partial charge in [0.2, 0.25) is 5.91 Å². The van der Waals surface area contributed by atoms with Gasteiger partial charge in [-0.15, -0.1) is 0 Å². The maximum atomic E-state index is 12.4. The van der Waals surface area contributed by atoms with Crippen LogP contribution >= 0.6 is 0 Å². The maximum absolute atomic E-state index is 12.4. The summed E-state index contributed by atoms with van der Waals surface area (Å²) in [5.74, 6) is -0.0141. The second kappa shape index (κ2) is 9.56. The number of benzene rings is 2. The van der Waals surface area contributed by atoms with E-state index in [0.29, 0.717) is 39.3 Å². The van der Waals surface area contributed by atoms with Gasteiger partial charge in [0.05, 0.1) is 6.54 Å². The smallest absolute Gasteiger partial charge is 0.317 e. The highest BCUT2D eigenvalue weighted by Gasteiger charge is 2.22. The Morgan fingerprint density at radius 2 is 1.59 bits per heavy atom. The van der Waals surface area contributed by atoms with Crippen LogP contribution in [0.4, 0.5) is 10.5 Å². The van der Waals surface area contributed by atoms with Crippen molar-refractivity contribution in [3.63, 3.8) is 0 Å². The summed E-state index contributed by atoms with van der Waals surface area (Å²) in [7, 11) is 0. The average Bonchev–Trinajstić information content (AvgIpc) is 2.70. The van der Waals surface area contributed by atoms with E-state index in [9.17, 15) is 9.59 Å². The summed E-state index contributed by atoms with van der Waals surface area (Å²) in [6.07, 6.45) is 0. The molecule has 2 aromatic rings. The fourth-order valence-corrected chi connectivity index (χ4v) is 3.61. The molecule has 2 N–H and O–H groups in total. The first kappa shape index (κ1) is 20.9. The van der Waals surface area contributed by atoms with E-state index in [4.69, 9.17) is 0 Å². The number of para-hydroxylation sites is 1. The highest BCUT2D eigenvalue weighted by Crippen LogP contribution is 2.19. The lowest BCUT2D eigenvalue weighted by atomic mass is 10.1. The van der Waals surface area contributed by atoms with Crippen molar-refractivity contribution in [2.75, 3.05) is 38.0 Å². The number of hydrogen-bond donors (Lipinski definition) is 2. The van der Waals surface area contributed by atoms with Crippen molar-refractivity contribution in [2.24, 2.45) is 0 Å². The topological polar surface area (TPSA) is 64.7 Å². The predicted molar refractivity (Wildman–Crippen MR) is 116 cm³/mol. The highest BCUT2D eigenvalue weighted by atomic mass is 16.2. The normalized spacial score (nSPS) is 14.5. The van der Waals surface area contributed by atoms with E-state index < -0.39 is 0 Å². The van der Waals surface area contributed by atoms with Crippen molar-refractivity contribution in [3.05, 3.63) is 64.7 Å². The average molecular weight is 395 g/mol. The molecule has 6 nitrogen and oxygen atoms in total. The van der Waals surface area contributed by atoms with Crippen LogP contribution in [0.5, 0.6) is 0 Å². The third kappa shape index (κ3) is 5.81. The number of carbonyl (C=O) groups excluding carboxylic acids is 2. The molecule has 0 atom stereocenters. The standard InChI is InChI=1S/C23H30N4O2/c1-17-6-4-9-20(14-17)15-24-23(29)27-12-10-26(11-13-27)16-21(28)25-22-18(2)7-5-8-19(22)3/h4-9,14H,10-13,15-16H2,1-3H3,(H,24,29)(H,25,28). The Morgan fingerprint density at radius 3 is 2.24 bits per heavy atom. The Kier molecular flexibility index (Phi) is 6.88. The van der Waals surface area contributed by atoms with Gasteiger partial charge in [-0.05, 0) is 37.5 Å². The Balaban J connectivity index is 1.42. The fourth-order valence-electron chi connectivity index (χ4n) is 3.61. The second-order valence-corrected chi connectivity index (χ2v) is 7.73. The van der Waals surface area contributed by atoms with E-state index in [0.717, 1.165) is 22.4 Å². The molecule has 0 spiro atoms. The van der Waals surface area contributed by atoms with E-state index >= 15 is 0 Å². The van der Waals surface area contributed by atoms with Crippen molar-refractivity contribution in [2.45, 2.75) is 27.3 Å². The lowest BCUT2D eigenvalue weighted by Gasteiger charge is -2.34. The van der Waals surface area contributed by atoms with Crippen molar-refractivity contribution in [1.29, 1.82) is 0 Å². The number of hydrogen-bond acceptors (Lipinski definition) is 3. The summed E-state index contributed by atoms with van der Waals surface area (Å²) in [5.41, 5.74) is 5.30. The van der Waals surface area contributed by atoms with Crippen LogP contribution < -0.4 is 10.6 Å². The lowest BCUT2D eigenvalue weighted by Crippen LogP contribution is -2.52. The summed E-state index contributed by atoms with van der Waals surface area (Å²) < 4.78 is 0. The molecule has 0 radical (unpaired) electrons. The Morgan fingerprint density at radius 1 is 0.931 bits per heavy atom. The molecule has 0 aromatic heterocycles. The van der Waals surface area contributed by atoms with Crippen LogP contribution in [0.3, 0.4) is 0 Å². The van der Waals surface area contributed by atoms with Crippen LogP contribution in [0.2, 0.25) is 0 Å². The summed E-state index contributed by atoms with van der Waals surface area (Å²) >= 11 is 0. The van der Waals surface area contributed by atoms with Gasteiger partial charge in [-0.2, -0.15) is 0 Å². The molecule has 154 valence electrons. The van der Waals surface area contributed by atoms with Crippen molar-refractivity contribution in [3.8, 4) is 0 Å². The van der Waals surface area contributed by atoms with Crippen LogP contribution in [0.25, 0.3) is 0 Å². The maximum Gasteiger partial charge on any atom is 0.317 e. The van der Waals surface area contributed by atoms with Gasteiger partial charge in [0.1, 0.15) is 0 Å². The van der Waals surface area contributed by atoms with Crippen LogP contribution in [-0.2, 0) is 11.3 Å². The minimum absolute atomic E-state index is 0.0141. The van der Waals surface area contributed by atoms with Crippen molar-refractivity contribution in [1.82, 2.24) is 15.1 Å². The van der Waals surface area contributed by atoms with Crippen LogP contribution in [0.15, 0.2) is 42.5 Å². The number of urea groups is 1. The largest absolute Gasteiger partial charge is 0.334 e. The second-order valence-electron chi connectivity index (χ2n) is 7.73. The monoisotopic (exact) mass is 394 g/mol. The summed E-state index contributed by atoms with van der Waals surface area (Å²) in [6, 6.07) is 14.1. The number of nitrogens with one attached hydrogen (secondary N) is 2. The third-order valence-electron chi connectivity index (χ3n) is 5.30. The zero-order valence-electron chi connectivity index (χ0n) is 17.5. The van der Waals surface area contributed by atoms with E-state index in [1.807, 2.05) is 62.1 Å². The Bertz CT molecular complexity index is 853. The number of piperazine rings is 1. The van der Waals surface area contributed by atoms with Gasteiger partial charge in [0, 0.05) is 38.4 Å². The van der Waals surface area contributed by atoms with Crippen molar-refractivity contribution < 1.29 is 9.59 Å². The van der Waals surface area contributed by atoms with Crippen LogP contribution in [0.1, 0.15) is 22.3 Å². The van der Waals surface area contributed by atoms with E-state index in [1.165, 1.54) is 5.56 Å². The molecule has 2 aromatic carbocycles. The molecule has 1 heterocycles. The summed E-state index contributed by atoms with van der Waals surface area (Å²) in [6.45, 7) is 9.53. The molecule has 0 unspecified atom stereocenters. The number of anilines is 1. The van der Waals surface area contributed by atoms with Crippen LogP contribution in [-0.4, -0.2) is 54.5 Å². The van der Waals surface area contributed by atoms with E-state index in [1.54, 1.807) is 0 Å². The minimum atomic E-state index is -0.0499. The molecular weight excluding hydrogens is 364 g/mol. The highest BCUT2D eigenvalue weighted by molar-refractivity contribution is 5.93. The SMILES string of the molecule is Cc1cccc(CNC(=O)N2CCN(CC(=O)Nc3c(C)cccc3C)CC2)c1. The molecule has 1 aliphatic heterocycles. The first-order valence-electron chi connectivity index (χ1n) is 10.1. The van der Waals surface area contributed by atoms with E-state index in [-0.39, 0.29) is 11.9 Å². The molecule has 0 saturated carbocycles. The van der Waals surface area contributed by atoms with Gasteiger partial charge in [0.25, 0.3) is 0 Å². The van der Waals surface area contributed by atoms with E-state index in [2.05, 4.69) is 21.6 Å². The number of nitrogens with zero attached hydrogens (tertiary/aromatic N) is 2. The number of carbonyl (C=O) groups is 2. The number of rotatable bonds is 5. The first-order chi connectivity index (χ1) is 13.9. The molecule has 1 saturated heterocycles. The summed E-state index contributed by atoms with van der Waals surface area (Å²) in [4.78, 5) is 28.8. The molecule has 3 amide bonds. The third-order valence-corrected chi connectivity index (χ3v) is 5.30. The molecule has 3 rings (SSSR count). The minimum Gasteiger partial charge on any atom is -0.334 e. The predicted octanol–water partition coefficient (Wildman–Crippen LogP) is 3.08. The zero-order valence-corrected chi connectivity index (χ0v) is 17.5. The lowest BCUT2D eigenvalue weighted by molar-refractivity contribution is -0.117. The molecule has 1 fully saturated rings. The van der Waals surface area contributed by atoms with Gasteiger partial charge in [-0.25, -0.2) is 4.79 Å². The van der Waals surface area contributed by atoms with Gasteiger partial charge >= 0.3 is 6.03 Å². The Hall–Kier alpha value is -2.86. The van der Waals surface area contributed by atoms with Gasteiger partial charge in [-0.1, -0.05) is 48.0 Å². The van der Waals surface area contributed by atoms with Gasteiger partial charge in [-0.3, -0.25) is 9.69 Å². The van der Waals surface area contributed by atoms with Gasteiger partial charge < -0.3 is 15.5 Å². The number of amides is 3. The Labute approximate surface area is 172 Å². The summed E-state index contributed by atoms with van der Waals surface area (Å²) in [5, 5.41) is 6.02. The molecular formula is C23H30N4O2. The molecule has 0 bridgehead atoms. The van der Waals surface area contributed by atoms with Crippen LogP contribution in [0, 0.1) is 20.8 Å². The molecule has 6 heteroatoms. The fraction of sp³-hybridized carbons (Fsp3) is 0.391. The molecule has 1 aliphatic rings. The zero-order chi connectivity index (χ0) is 20.8.